The lowest BCUT2D eigenvalue weighted by Crippen LogP contribution is -2.34. The molecule has 0 aromatic heterocycles. The minimum Gasteiger partial charge on any atom is -0.409 e. The molecule has 0 atom stereocenters. The van der Waals surface area contributed by atoms with Crippen LogP contribution in [0.1, 0.15) is 24.0 Å². The number of hydrogen-bond acceptors (Lipinski definition) is 4. The van der Waals surface area contributed by atoms with Gasteiger partial charge in [0.1, 0.15) is 0 Å². The number of rotatable bonds is 4. The standard InChI is InChI=1S/C14H21N3O2/c15-14(16-19)13-3-1-2-12(8-13)9-17-6-4-11(10-18)5-7-17/h1-3,8,11,18-19H,4-7,9-10H2,(H2,15,16). The van der Waals surface area contributed by atoms with Crippen LogP contribution < -0.4 is 5.73 Å². The predicted octanol–water partition coefficient (Wildman–Crippen LogP) is 0.985. The van der Waals surface area contributed by atoms with Crippen molar-refractivity contribution in [1.82, 2.24) is 4.90 Å². The Balaban J connectivity index is 1.96. The van der Waals surface area contributed by atoms with E-state index in [1.807, 2.05) is 24.3 Å². The monoisotopic (exact) mass is 263 g/mol. The highest BCUT2D eigenvalue weighted by molar-refractivity contribution is 5.97. The zero-order valence-electron chi connectivity index (χ0n) is 11.0. The summed E-state index contributed by atoms with van der Waals surface area (Å²) in [5.74, 6) is 0.598. The van der Waals surface area contributed by atoms with E-state index < -0.39 is 0 Å². The first-order chi connectivity index (χ1) is 9.22. The summed E-state index contributed by atoms with van der Waals surface area (Å²) in [5, 5.41) is 20.8. The molecule has 0 spiro atoms. The second-order valence-corrected chi connectivity index (χ2v) is 5.09. The Bertz CT molecular complexity index is 440. The molecule has 1 aliphatic rings. The van der Waals surface area contributed by atoms with Crippen molar-refractivity contribution in [2.45, 2.75) is 19.4 Å². The lowest BCUT2D eigenvalue weighted by Gasteiger charge is -2.31. The Kier molecular flexibility index (Phi) is 4.76. The van der Waals surface area contributed by atoms with E-state index in [-0.39, 0.29) is 5.84 Å². The first kappa shape index (κ1) is 13.8. The molecule has 1 aliphatic heterocycles. The minimum absolute atomic E-state index is 0.140. The van der Waals surface area contributed by atoms with Gasteiger partial charge in [-0.2, -0.15) is 0 Å². The van der Waals surface area contributed by atoms with E-state index in [4.69, 9.17) is 16.0 Å². The number of aliphatic hydroxyl groups excluding tert-OH is 1. The molecule has 1 saturated heterocycles. The van der Waals surface area contributed by atoms with Gasteiger partial charge in [0.15, 0.2) is 5.84 Å². The van der Waals surface area contributed by atoms with Crippen molar-refractivity contribution in [3.05, 3.63) is 35.4 Å². The lowest BCUT2D eigenvalue weighted by molar-refractivity contribution is 0.127. The fourth-order valence-corrected chi connectivity index (χ4v) is 2.47. The number of nitrogens with zero attached hydrogens (tertiary/aromatic N) is 2. The van der Waals surface area contributed by atoms with E-state index in [0.29, 0.717) is 12.5 Å². The summed E-state index contributed by atoms with van der Waals surface area (Å²) in [6.45, 7) is 3.19. The molecule has 0 amide bonds. The summed E-state index contributed by atoms with van der Waals surface area (Å²) in [5.41, 5.74) is 7.49. The third kappa shape index (κ3) is 3.68. The van der Waals surface area contributed by atoms with E-state index in [1.54, 1.807) is 0 Å². The first-order valence-electron chi connectivity index (χ1n) is 6.63. The molecule has 104 valence electrons. The summed E-state index contributed by atoms with van der Waals surface area (Å²) in [4.78, 5) is 2.37. The Hall–Kier alpha value is -1.59. The number of hydrogen-bond donors (Lipinski definition) is 3. The number of nitrogens with two attached hydrogens (primary N) is 1. The van der Waals surface area contributed by atoms with Gasteiger partial charge in [-0.15, -0.1) is 0 Å². The minimum atomic E-state index is 0.140. The Morgan fingerprint density at radius 1 is 1.37 bits per heavy atom. The number of oxime groups is 1. The van der Waals surface area contributed by atoms with Crippen LogP contribution in [0.3, 0.4) is 0 Å². The van der Waals surface area contributed by atoms with Crippen molar-refractivity contribution in [3.8, 4) is 0 Å². The molecule has 1 aromatic rings. The molecule has 1 heterocycles. The van der Waals surface area contributed by atoms with Gasteiger partial charge in [-0.3, -0.25) is 4.90 Å². The molecule has 2 rings (SSSR count). The SMILES string of the molecule is N/C(=N\O)c1cccc(CN2CCC(CO)CC2)c1. The fourth-order valence-electron chi connectivity index (χ4n) is 2.47. The number of aliphatic hydroxyl groups is 1. The molecule has 19 heavy (non-hydrogen) atoms. The number of benzene rings is 1. The third-order valence-electron chi connectivity index (χ3n) is 3.70. The molecule has 1 aromatic carbocycles. The van der Waals surface area contributed by atoms with E-state index >= 15 is 0 Å². The molecule has 5 heteroatoms. The van der Waals surface area contributed by atoms with Gasteiger partial charge in [-0.1, -0.05) is 23.4 Å². The van der Waals surface area contributed by atoms with Crippen molar-refractivity contribution < 1.29 is 10.3 Å². The molecule has 5 nitrogen and oxygen atoms in total. The summed E-state index contributed by atoms with van der Waals surface area (Å²) >= 11 is 0. The third-order valence-corrected chi connectivity index (χ3v) is 3.70. The highest BCUT2D eigenvalue weighted by Crippen LogP contribution is 2.18. The second-order valence-electron chi connectivity index (χ2n) is 5.09. The van der Waals surface area contributed by atoms with Gasteiger partial charge in [0, 0.05) is 18.7 Å². The number of likely N-dealkylation sites (tertiary alicyclic amines) is 1. The second kappa shape index (κ2) is 6.54. The summed E-state index contributed by atoms with van der Waals surface area (Å²) < 4.78 is 0. The van der Waals surface area contributed by atoms with Crippen LogP contribution in [0, 0.1) is 5.92 Å². The van der Waals surface area contributed by atoms with Crippen molar-refractivity contribution in [2.75, 3.05) is 19.7 Å². The summed E-state index contributed by atoms with van der Waals surface area (Å²) in [6, 6.07) is 7.75. The van der Waals surface area contributed by atoms with Crippen molar-refractivity contribution in [2.24, 2.45) is 16.8 Å². The van der Waals surface area contributed by atoms with Gasteiger partial charge >= 0.3 is 0 Å². The van der Waals surface area contributed by atoms with Gasteiger partial charge < -0.3 is 16.0 Å². The van der Waals surface area contributed by atoms with Crippen LogP contribution in [0.15, 0.2) is 29.4 Å². The van der Waals surface area contributed by atoms with E-state index in [2.05, 4.69) is 10.1 Å². The van der Waals surface area contributed by atoms with E-state index in [9.17, 15) is 0 Å². The largest absolute Gasteiger partial charge is 0.409 e. The fraction of sp³-hybridized carbons (Fsp3) is 0.500. The van der Waals surface area contributed by atoms with Gasteiger partial charge in [-0.25, -0.2) is 0 Å². The zero-order valence-corrected chi connectivity index (χ0v) is 11.0. The molecule has 0 aliphatic carbocycles. The van der Waals surface area contributed by atoms with Crippen LogP contribution in [0.4, 0.5) is 0 Å². The maximum absolute atomic E-state index is 9.12. The number of piperidine rings is 1. The highest BCUT2D eigenvalue weighted by Gasteiger charge is 2.18. The zero-order chi connectivity index (χ0) is 13.7. The van der Waals surface area contributed by atoms with Crippen LogP contribution in [0.5, 0.6) is 0 Å². The van der Waals surface area contributed by atoms with Crippen LogP contribution in [0.2, 0.25) is 0 Å². The highest BCUT2D eigenvalue weighted by atomic mass is 16.4. The average Bonchev–Trinajstić information content (AvgIpc) is 2.47. The number of amidine groups is 1. The smallest absolute Gasteiger partial charge is 0.170 e. The maximum Gasteiger partial charge on any atom is 0.170 e. The van der Waals surface area contributed by atoms with E-state index in [1.165, 1.54) is 0 Å². The molecule has 0 radical (unpaired) electrons. The Labute approximate surface area is 113 Å². The van der Waals surface area contributed by atoms with E-state index in [0.717, 1.165) is 43.6 Å². The maximum atomic E-state index is 9.12. The molecule has 0 unspecified atom stereocenters. The topological polar surface area (TPSA) is 82.1 Å². The average molecular weight is 263 g/mol. The Morgan fingerprint density at radius 2 is 2.11 bits per heavy atom. The van der Waals surface area contributed by atoms with Crippen LogP contribution >= 0.6 is 0 Å². The van der Waals surface area contributed by atoms with Crippen molar-refractivity contribution >= 4 is 5.84 Å². The normalized spacial score (nSPS) is 18.7. The molecule has 4 N–H and O–H groups in total. The van der Waals surface area contributed by atoms with Gasteiger partial charge in [0.2, 0.25) is 0 Å². The van der Waals surface area contributed by atoms with Crippen LogP contribution in [-0.2, 0) is 6.54 Å². The van der Waals surface area contributed by atoms with Crippen molar-refractivity contribution in [3.63, 3.8) is 0 Å². The van der Waals surface area contributed by atoms with Crippen LogP contribution in [-0.4, -0.2) is 40.7 Å². The summed E-state index contributed by atoms with van der Waals surface area (Å²) in [7, 11) is 0. The molecular formula is C14H21N3O2. The molecule has 0 bridgehead atoms. The molecular weight excluding hydrogens is 242 g/mol. The van der Waals surface area contributed by atoms with Crippen LogP contribution in [0.25, 0.3) is 0 Å². The predicted molar refractivity (Wildman–Crippen MR) is 74.0 cm³/mol. The van der Waals surface area contributed by atoms with Gasteiger partial charge in [0.05, 0.1) is 0 Å². The molecule has 0 saturated carbocycles. The van der Waals surface area contributed by atoms with Gasteiger partial charge in [-0.05, 0) is 43.5 Å². The Morgan fingerprint density at radius 3 is 2.74 bits per heavy atom. The summed E-state index contributed by atoms with van der Waals surface area (Å²) in [6.07, 6.45) is 2.10. The lowest BCUT2D eigenvalue weighted by atomic mass is 9.97. The molecule has 1 fully saturated rings. The first-order valence-corrected chi connectivity index (χ1v) is 6.63. The van der Waals surface area contributed by atoms with Crippen molar-refractivity contribution in [1.29, 1.82) is 0 Å². The van der Waals surface area contributed by atoms with Gasteiger partial charge in [0.25, 0.3) is 0 Å². The quantitative estimate of drug-likeness (QED) is 0.327.